The fraction of sp³-hybridized carbons (Fsp3) is 0.333. The fourth-order valence-electron chi connectivity index (χ4n) is 2.60. The largest absolute Gasteiger partial charge is 0.352 e. The highest BCUT2D eigenvalue weighted by Gasteiger charge is 2.10. The van der Waals surface area contributed by atoms with Crippen LogP contribution in [0.1, 0.15) is 39.9 Å². The number of carbonyl (C=O) groups excluding carboxylic acids is 2. The van der Waals surface area contributed by atoms with E-state index in [9.17, 15) is 14.0 Å². The molecule has 0 radical (unpaired) electrons. The summed E-state index contributed by atoms with van der Waals surface area (Å²) in [6.07, 6.45) is 0.308. The first-order valence-electron chi connectivity index (χ1n) is 8.64. The Morgan fingerprint density at radius 2 is 1.73 bits per heavy atom. The zero-order chi connectivity index (χ0) is 19.1. The molecule has 2 aromatic carbocycles. The Kier molecular flexibility index (Phi) is 7.04. The average molecular weight is 356 g/mol. The van der Waals surface area contributed by atoms with Gasteiger partial charge in [-0.3, -0.25) is 9.59 Å². The van der Waals surface area contributed by atoms with Crippen molar-refractivity contribution in [3.05, 3.63) is 70.5 Å². The highest BCUT2D eigenvalue weighted by molar-refractivity contribution is 5.97. The highest BCUT2D eigenvalue weighted by Crippen LogP contribution is 2.12. The lowest BCUT2D eigenvalue weighted by molar-refractivity contribution is -0.121. The number of benzene rings is 2. The number of nitrogens with zero attached hydrogens (tertiary/aromatic N) is 1. The minimum atomic E-state index is -0.252. The Balaban J connectivity index is 1.83. The Morgan fingerprint density at radius 3 is 2.38 bits per heavy atom. The van der Waals surface area contributed by atoms with Crippen LogP contribution in [0.2, 0.25) is 0 Å². The van der Waals surface area contributed by atoms with Crippen LogP contribution in [0, 0.1) is 12.7 Å². The summed E-state index contributed by atoms with van der Waals surface area (Å²) in [5.74, 6) is -0.489. The summed E-state index contributed by atoms with van der Waals surface area (Å²) in [6, 6.07) is 12.2. The predicted molar refractivity (Wildman–Crippen MR) is 100 cm³/mol. The van der Waals surface area contributed by atoms with E-state index in [0.29, 0.717) is 24.2 Å². The van der Waals surface area contributed by atoms with Crippen molar-refractivity contribution in [3.63, 3.8) is 0 Å². The van der Waals surface area contributed by atoms with Crippen LogP contribution in [-0.4, -0.2) is 30.7 Å². The molecule has 26 heavy (non-hydrogen) atoms. The number of ketones is 1. The summed E-state index contributed by atoms with van der Waals surface area (Å²) in [5, 5.41) is 2.79. The van der Waals surface area contributed by atoms with Gasteiger partial charge < -0.3 is 10.2 Å². The van der Waals surface area contributed by atoms with Crippen LogP contribution < -0.4 is 5.32 Å². The van der Waals surface area contributed by atoms with E-state index in [4.69, 9.17) is 0 Å². The van der Waals surface area contributed by atoms with Crippen LogP contribution in [0.15, 0.2) is 42.5 Å². The minimum Gasteiger partial charge on any atom is -0.352 e. The molecule has 0 bridgehead atoms. The fourth-order valence-corrected chi connectivity index (χ4v) is 2.60. The summed E-state index contributed by atoms with van der Waals surface area (Å²) >= 11 is 0. The molecule has 4 nitrogen and oxygen atoms in total. The smallest absolute Gasteiger partial charge is 0.220 e. The van der Waals surface area contributed by atoms with E-state index in [0.717, 1.165) is 11.1 Å². The zero-order valence-corrected chi connectivity index (χ0v) is 15.5. The van der Waals surface area contributed by atoms with E-state index in [1.165, 1.54) is 6.07 Å². The van der Waals surface area contributed by atoms with Crippen molar-refractivity contribution in [2.45, 2.75) is 32.9 Å². The number of halogens is 1. The van der Waals surface area contributed by atoms with Crippen molar-refractivity contribution in [2.24, 2.45) is 0 Å². The SMILES string of the molecule is Cc1ccc(C(=O)CCC(=O)NCc2ccc(F)c(CN(C)C)c2)cc1. The number of rotatable bonds is 8. The van der Waals surface area contributed by atoms with E-state index in [-0.39, 0.29) is 30.3 Å². The summed E-state index contributed by atoms with van der Waals surface area (Å²) in [7, 11) is 3.75. The second kappa shape index (κ2) is 9.25. The first-order chi connectivity index (χ1) is 12.3. The molecule has 0 atom stereocenters. The van der Waals surface area contributed by atoms with Gasteiger partial charge in [-0.1, -0.05) is 35.9 Å². The van der Waals surface area contributed by atoms with Crippen LogP contribution in [-0.2, 0) is 17.9 Å². The highest BCUT2D eigenvalue weighted by atomic mass is 19.1. The molecule has 1 N–H and O–H groups in total. The van der Waals surface area contributed by atoms with E-state index in [1.807, 2.05) is 38.1 Å². The topological polar surface area (TPSA) is 49.4 Å². The monoisotopic (exact) mass is 356 g/mol. The lowest BCUT2D eigenvalue weighted by Gasteiger charge is -2.12. The maximum absolute atomic E-state index is 13.8. The number of hydrogen-bond donors (Lipinski definition) is 1. The van der Waals surface area contributed by atoms with Gasteiger partial charge in [-0.15, -0.1) is 0 Å². The third-order valence-corrected chi connectivity index (χ3v) is 4.04. The Morgan fingerprint density at radius 1 is 1.04 bits per heavy atom. The van der Waals surface area contributed by atoms with E-state index in [1.54, 1.807) is 24.3 Å². The van der Waals surface area contributed by atoms with Gasteiger partial charge in [0.15, 0.2) is 5.78 Å². The normalized spacial score (nSPS) is 10.8. The molecule has 2 aromatic rings. The van der Waals surface area contributed by atoms with Crippen molar-refractivity contribution in [1.82, 2.24) is 10.2 Å². The van der Waals surface area contributed by atoms with Crippen molar-refractivity contribution in [3.8, 4) is 0 Å². The number of carbonyl (C=O) groups is 2. The number of amides is 1. The maximum atomic E-state index is 13.8. The molecule has 0 aliphatic carbocycles. The van der Waals surface area contributed by atoms with E-state index < -0.39 is 0 Å². The van der Waals surface area contributed by atoms with Crippen molar-refractivity contribution in [2.75, 3.05) is 14.1 Å². The van der Waals surface area contributed by atoms with Crippen molar-refractivity contribution < 1.29 is 14.0 Å². The number of aryl methyl sites for hydroxylation is 1. The van der Waals surface area contributed by atoms with Gasteiger partial charge in [0.05, 0.1) is 0 Å². The third kappa shape index (κ3) is 6.08. The summed E-state index contributed by atoms with van der Waals surface area (Å²) in [4.78, 5) is 26.0. The first kappa shape index (κ1) is 19.8. The molecular formula is C21H25FN2O2. The van der Waals surface area contributed by atoms with Gasteiger partial charge in [-0.05, 0) is 38.7 Å². The lowest BCUT2D eigenvalue weighted by Crippen LogP contribution is -2.23. The molecule has 0 saturated carbocycles. The van der Waals surface area contributed by atoms with Gasteiger partial charge in [0, 0.05) is 37.1 Å². The van der Waals surface area contributed by atoms with Gasteiger partial charge in [0.1, 0.15) is 5.82 Å². The molecule has 0 aliphatic heterocycles. The standard InChI is InChI=1S/C21H25FN2O2/c1-15-4-7-17(8-5-15)20(25)10-11-21(26)23-13-16-6-9-19(22)18(12-16)14-24(2)3/h4-9,12H,10-11,13-14H2,1-3H3,(H,23,26). The Bertz CT molecular complexity index is 770. The zero-order valence-electron chi connectivity index (χ0n) is 15.5. The quantitative estimate of drug-likeness (QED) is 0.737. The van der Waals surface area contributed by atoms with Crippen LogP contribution >= 0.6 is 0 Å². The minimum absolute atomic E-state index is 0.0461. The molecule has 0 saturated heterocycles. The number of hydrogen-bond acceptors (Lipinski definition) is 3. The molecule has 5 heteroatoms. The molecule has 2 rings (SSSR count). The second-order valence-electron chi connectivity index (χ2n) is 6.73. The molecule has 0 spiro atoms. The van der Waals surface area contributed by atoms with Crippen LogP contribution in [0.25, 0.3) is 0 Å². The molecule has 0 aliphatic rings. The summed E-state index contributed by atoms with van der Waals surface area (Å²) in [5.41, 5.74) is 3.14. The van der Waals surface area contributed by atoms with Crippen molar-refractivity contribution in [1.29, 1.82) is 0 Å². The lowest BCUT2D eigenvalue weighted by atomic mass is 10.0. The van der Waals surface area contributed by atoms with Crippen molar-refractivity contribution >= 4 is 11.7 Å². The van der Waals surface area contributed by atoms with Gasteiger partial charge in [0.2, 0.25) is 5.91 Å². The molecule has 0 fully saturated rings. The van der Waals surface area contributed by atoms with Gasteiger partial charge >= 0.3 is 0 Å². The molecule has 0 heterocycles. The average Bonchev–Trinajstić information content (AvgIpc) is 2.60. The van der Waals surface area contributed by atoms with E-state index in [2.05, 4.69) is 5.32 Å². The number of Topliss-reactive ketones (excluding diaryl/α,β-unsaturated/α-hetero) is 1. The third-order valence-electron chi connectivity index (χ3n) is 4.04. The number of nitrogens with one attached hydrogen (secondary N) is 1. The van der Waals surface area contributed by atoms with Gasteiger partial charge in [-0.2, -0.15) is 0 Å². The van der Waals surface area contributed by atoms with Crippen LogP contribution in [0.3, 0.4) is 0 Å². The summed E-state index contributed by atoms with van der Waals surface area (Å²) in [6.45, 7) is 2.78. The van der Waals surface area contributed by atoms with Gasteiger partial charge in [-0.25, -0.2) is 4.39 Å². The summed E-state index contributed by atoms with van der Waals surface area (Å²) < 4.78 is 13.8. The maximum Gasteiger partial charge on any atom is 0.220 e. The molecule has 1 amide bonds. The molecule has 0 unspecified atom stereocenters. The van der Waals surface area contributed by atoms with Crippen LogP contribution in [0.4, 0.5) is 4.39 Å². The van der Waals surface area contributed by atoms with Crippen LogP contribution in [0.5, 0.6) is 0 Å². The second-order valence-corrected chi connectivity index (χ2v) is 6.73. The molecule has 138 valence electrons. The Hall–Kier alpha value is -2.53. The molecule has 0 aromatic heterocycles. The van der Waals surface area contributed by atoms with Gasteiger partial charge in [0.25, 0.3) is 0 Å². The first-order valence-corrected chi connectivity index (χ1v) is 8.64. The molecular weight excluding hydrogens is 331 g/mol. The Labute approximate surface area is 154 Å². The predicted octanol–water partition coefficient (Wildman–Crippen LogP) is 3.48. The van der Waals surface area contributed by atoms with E-state index >= 15 is 0 Å².